The predicted molar refractivity (Wildman–Crippen MR) is 117 cm³/mol. The number of aliphatic imine (C=N–C) groups is 1. The SMILES string of the molecule is CC(C)(C)OC([O-])=NC(Cc1ccc(NOO)cc1)C(=O)NCC(=O)NCC(=O)NCC(O)O. The van der Waals surface area contributed by atoms with Gasteiger partial charge in [-0.25, -0.2) is 10.7 Å². The minimum atomic E-state index is -1.72. The number of ether oxygens (including phenoxy) is 1. The maximum Gasteiger partial charge on any atom is 0.245 e. The third-order valence-electron chi connectivity index (χ3n) is 3.85. The summed E-state index contributed by atoms with van der Waals surface area (Å²) in [5.41, 5.74) is 2.44. The van der Waals surface area contributed by atoms with Gasteiger partial charge in [0.25, 0.3) is 0 Å². The van der Waals surface area contributed by atoms with Gasteiger partial charge in [0.1, 0.15) is 12.1 Å². The number of aliphatic hydroxyl groups is 2. The molecule has 0 bridgehead atoms. The molecule has 34 heavy (non-hydrogen) atoms. The Morgan fingerprint density at radius 3 is 2.18 bits per heavy atom. The van der Waals surface area contributed by atoms with Crippen LogP contribution in [0.2, 0.25) is 0 Å². The van der Waals surface area contributed by atoms with E-state index in [-0.39, 0.29) is 6.42 Å². The number of carbonyl (C=O) groups is 3. The van der Waals surface area contributed by atoms with E-state index in [1.807, 2.05) is 0 Å². The van der Waals surface area contributed by atoms with E-state index in [1.165, 1.54) is 0 Å². The second-order valence-electron chi connectivity index (χ2n) is 8.00. The van der Waals surface area contributed by atoms with Crippen molar-refractivity contribution < 1.29 is 44.7 Å². The molecule has 1 aromatic carbocycles. The fourth-order valence-corrected chi connectivity index (χ4v) is 2.39. The van der Waals surface area contributed by atoms with Gasteiger partial charge in [-0.05, 0) is 17.7 Å². The van der Waals surface area contributed by atoms with Crippen LogP contribution in [0, 0.1) is 0 Å². The Morgan fingerprint density at radius 1 is 1.03 bits per heavy atom. The van der Waals surface area contributed by atoms with E-state index >= 15 is 0 Å². The van der Waals surface area contributed by atoms with Crippen LogP contribution in [0.1, 0.15) is 26.3 Å². The number of nitrogens with one attached hydrogen (secondary N) is 4. The zero-order valence-electron chi connectivity index (χ0n) is 19.0. The quantitative estimate of drug-likeness (QED) is 0.0549. The fourth-order valence-electron chi connectivity index (χ4n) is 2.39. The smallest absolute Gasteiger partial charge is 0.245 e. The third-order valence-corrected chi connectivity index (χ3v) is 3.85. The average molecular weight is 484 g/mol. The van der Waals surface area contributed by atoms with Crippen LogP contribution in [0.15, 0.2) is 29.3 Å². The first-order valence-corrected chi connectivity index (χ1v) is 10.2. The molecule has 0 aliphatic heterocycles. The van der Waals surface area contributed by atoms with Crippen molar-refractivity contribution in [3.8, 4) is 0 Å². The standard InChI is InChI=1S/C20H31N5O9/c1-20(2,3)33-19(31)24-14(8-12-4-6-13(7-5-12)25-34-32)18(30)23-10-16(27)21-9-15(26)22-11-17(28)29/h4-7,14,17,25,28-29,32H,8-11H2,1-3H3,(H,21,27)(H,22,26)(H,23,30)(H,24,31)/p-1. The summed E-state index contributed by atoms with van der Waals surface area (Å²) in [5, 5.41) is 44.7. The predicted octanol–water partition coefficient (Wildman–Crippen LogP) is -2.40. The molecular formula is C20H30N5O9-. The van der Waals surface area contributed by atoms with Crippen LogP contribution in [0.3, 0.4) is 0 Å². The van der Waals surface area contributed by atoms with Gasteiger partial charge >= 0.3 is 0 Å². The number of nitrogens with zero attached hydrogens (tertiary/aromatic N) is 1. The first kappa shape index (κ1) is 28.6. The average Bonchev–Trinajstić information content (AvgIpc) is 2.74. The summed E-state index contributed by atoms with van der Waals surface area (Å²) < 4.78 is 5.14. The first-order valence-electron chi connectivity index (χ1n) is 10.2. The Bertz CT molecular complexity index is 838. The van der Waals surface area contributed by atoms with E-state index in [4.69, 9.17) is 20.2 Å². The maximum atomic E-state index is 12.6. The number of benzene rings is 1. The molecule has 3 amide bonds. The molecule has 1 aromatic rings. The highest BCUT2D eigenvalue weighted by molar-refractivity contribution is 5.90. The zero-order chi connectivity index (χ0) is 25.7. The van der Waals surface area contributed by atoms with Crippen molar-refractivity contribution in [1.29, 1.82) is 0 Å². The van der Waals surface area contributed by atoms with Crippen molar-refractivity contribution in [2.75, 3.05) is 25.1 Å². The summed E-state index contributed by atoms with van der Waals surface area (Å²) in [5.74, 6) is -2.08. The molecule has 14 heteroatoms. The van der Waals surface area contributed by atoms with E-state index in [0.29, 0.717) is 11.3 Å². The summed E-state index contributed by atoms with van der Waals surface area (Å²) in [6.45, 7) is 3.60. The largest absolute Gasteiger partial charge is 0.595 e. The molecule has 0 spiro atoms. The molecule has 0 saturated carbocycles. The van der Waals surface area contributed by atoms with Crippen molar-refractivity contribution in [2.24, 2.45) is 4.99 Å². The van der Waals surface area contributed by atoms with Gasteiger partial charge in [-0.1, -0.05) is 32.9 Å². The number of hydrogen-bond acceptors (Lipinski definition) is 11. The lowest BCUT2D eigenvalue weighted by molar-refractivity contribution is -0.260. The zero-order valence-corrected chi connectivity index (χ0v) is 19.0. The number of anilines is 1. The Hall–Kier alpha value is -3.46. The van der Waals surface area contributed by atoms with Crippen LogP contribution in [0.4, 0.5) is 5.69 Å². The Balaban J connectivity index is 2.76. The van der Waals surface area contributed by atoms with Crippen LogP contribution in [-0.4, -0.2) is 76.8 Å². The minimum absolute atomic E-state index is 0.00114. The van der Waals surface area contributed by atoms with Crippen LogP contribution < -0.4 is 26.5 Å². The summed E-state index contributed by atoms with van der Waals surface area (Å²) in [6.07, 6.45) is -2.68. The molecule has 190 valence electrons. The molecule has 1 atom stereocenters. The fraction of sp³-hybridized carbons (Fsp3) is 0.500. The molecular weight excluding hydrogens is 454 g/mol. The van der Waals surface area contributed by atoms with E-state index in [0.717, 1.165) is 0 Å². The van der Waals surface area contributed by atoms with Gasteiger partial charge in [0, 0.05) is 12.0 Å². The van der Waals surface area contributed by atoms with Crippen molar-refractivity contribution in [3.63, 3.8) is 0 Å². The molecule has 0 aliphatic carbocycles. The third kappa shape index (κ3) is 12.5. The van der Waals surface area contributed by atoms with Crippen LogP contribution >= 0.6 is 0 Å². The van der Waals surface area contributed by atoms with Crippen molar-refractivity contribution in [1.82, 2.24) is 16.0 Å². The van der Waals surface area contributed by atoms with Gasteiger partial charge in [-0.15, -0.1) is 4.99 Å². The highest BCUT2D eigenvalue weighted by Gasteiger charge is 2.20. The van der Waals surface area contributed by atoms with Crippen LogP contribution in [0.25, 0.3) is 0 Å². The summed E-state index contributed by atoms with van der Waals surface area (Å²) >= 11 is 0. The normalized spacial score (nSPS) is 12.6. The second kappa shape index (κ2) is 13.9. The van der Waals surface area contributed by atoms with E-state index in [9.17, 15) is 19.5 Å². The van der Waals surface area contributed by atoms with E-state index < -0.39 is 61.4 Å². The Labute approximate surface area is 195 Å². The summed E-state index contributed by atoms with van der Waals surface area (Å²) in [4.78, 5) is 43.7. The highest BCUT2D eigenvalue weighted by atomic mass is 17.2. The van der Waals surface area contributed by atoms with E-state index in [1.54, 1.807) is 45.0 Å². The van der Waals surface area contributed by atoms with Crippen molar-refractivity contribution in [3.05, 3.63) is 29.8 Å². The lowest BCUT2D eigenvalue weighted by atomic mass is 10.1. The summed E-state index contributed by atoms with van der Waals surface area (Å²) in [7, 11) is 0. The molecule has 7 N–H and O–H groups in total. The molecule has 1 unspecified atom stereocenters. The topological polar surface area (TPSA) is 214 Å². The molecule has 0 radical (unpaired) electrons. The molecule has 14 nitrogen and oxygen atoms in total. The van der Waals surface area contributed by atoms with Crippen molar-refractivity contribution in [2.45, 2.75) is 45.1 Å². The molecule has 0 aliphatic rings. The van der Waals surface area contributed by atoms with Gasteiger partial charge in [0.05, 0.1) is 25.3 Å². The Kier molecular flexibility index (Phi) is 11.7. The molecule has 0 aromatic heterocycles. The molecule has 1 rings (SSSR count). The molecule has 0 saturated heterocycles. The monoisotopic (exact) mass is 484 g/mol. The number of aliphatic hydroxyl groups excluding tert-OH is 1. The van der Waals surface area contributed by atoms with Crippen LogP contribution in [0.5, 0.6) is 0 Å². The van der Waals surface area contributed by atoms with Gasteiger partial charge in [-0.2, -0.15) is 0 Å². The van der Waals surface area contributed by atoms with Crippen LogP contribution in [-0.2, 0) is 30.5 Å². The number of carbonyl (C=O) groups excluding carboxylic acids is 3. The van der Waals surface area contributed by atoms with Gasteiger partial charge in [-0.3, -0.25) is 19.4 Å². The Morgan fingerprint density at radius 2 is 1.62 bits per heavy atom. The summed E-state index contributed by atoms with van der Waals surface area (Å²) in [6, 6.07) is 5.12. The molecule has 0 heterocycles. The first-order chi connectivity index (χ1) is 15.9. The lowest BCUT2D eigenvalue weighted by Gasteiger charge is -2.30. The number of rotatable bonds is 12. The number of hydrogen-bond donors (Lipinski definition) is 7. The highest BCUT2D eigenvalue weighted by Crippen LogP contribution is 2.13. The van der Waals surface area contributed by atoms with Gasteiger partial charge in [0.2, 0.25) is 17.7 Å². The maximum absolute atomic E-state index is 12.6. The van der Waals surface area contributed by atoms with Gasteiger partial charge in [0.15, 0.2) is 6.29 Å². The van der Waals surface area contributed by atoms with E-state index in [2.05, 4.69) is 31.4 Å². The van der Waals surface area contributed by atoms with Gasteiger partial charge < -0.3 is 36.0 Å². The number of amides is 3. The molecule has 0 fully saturated rings. The van der Waals surface area contributed by atoms with Crippen molar-refractivity contribution >= 4 is 29.5 Å². The lowest BCUT2D eigenvalue weighted by Crippen LogP contribution is -2.45. The minimum Gasteiger partial charge on any atom is -0.595 e. The second-order valence-corrected chi connectivity index (χ2v) is 8.00.